The van der Waals surface area contributed by atoms with Gasteiger partial charge in [-0.15, -0.1) is 0 Å². The monoisotopic (exact) mass is 340 g/mol. The normalized spacial score (nSPS) is 26.0. The van der Waals surface area contributed by atoms with Crippen molar-refractivity contribution in [1.82, 2.24) is 9.80 Å². The predicted molar refractivity (Wildman–Crippen MR) is 91.6 cm³/mol. The molecule has 8 heteroatoms. The first-order chi connectivity index (χ1) is 11.2. The highest BCUT2D eigenvalue weighted by atomic mass is 16.6. The Morgan fingerprint density at radius 3 is 2.54 bits per heavy atom. The number of carbonyl (C=O) groups is 1. The number of carbonyl (C=O) groups excluding carboxylic acids is 1. The van der Waals surface area contributed by atoms with E-state index >= 15 is 0 Å². The van der Waals surface area contributed by atoms with Gasteiger partial charge in [-0.25, -0.2) is 14.8 Å². The minimum absolute atomic E-state index is 0.187. The maximum absolute atomic E-state index is 12.0. The van der Waals surface area contributed by atoms with Crippen LogP contribution in [0.2, 0.25) is 0 Å². The molecule has 2 unspecified atom stereocenters. The summed E-state index contributed by atoms with van der Waals surface area (Å²) in [5.74, 6) is 0. The Balaban J connectivity index is 1.68. The molecule has 0 spiro atoms. The Kier molecular flexibility index (Phi) is 5.95. The average Bonchev–Trinajstić information content (AvgIpc) is 2.91. The Morgan fingerprint density at radius 1 is 1.33 bits per heavy atom. The van der Waals surface area contributed by atoms with Crippen LogP contribution in [-0.2, 0) is 9.47 Å². The van der Waals surface area contributed by atoms with Gasteiger partial charge >= 0.3 is 6.09 Å². The van der Waals surface area contributed by atoms with Gasteiger partial charge < -0.3 is 19.5 Å². The summed E-state index contributed by atoms with van der Waals surface area (Å²) in [5, 5.41) is 10.1. The van der Waals surface area contributed by atoms with Crippen LogP contribution in [0, 0.1) is 0 Å². The molecule has 0 aromatic carbocycles. The zero-order chi connectivity index (χ0) is 17.8. The number of hydrogen-bond donors (Lipinski definition) is 1. The molecule has 136 valence electrons. The van der Waals surface area contributed by atoms with E-state index in [9.17, 15) is 9.90 Å². The van der Waals surface area contributed by atoms with Crippen molar-refractivity contribution < 1.29 is 19.4 Å². The first-order valence-corrected chi connectivity index (χ1v) is 8.27. The van der Waals surface area contributed by atoms with Crippen LogP contribution >= 0.6 is 0 Å². The van der Waals surface area contributed by atoms with Crippen molar-refractivity contribution in [3.8, 4) is 0 Å². The van der Waals surface area contributed by atoms with Gasteiger partial charge in [-0.3, -0.25) is 4.90 Å². The molecule has 0 aromatic heterocycles. The van der Waals surface area contributed by atoms with Gasteiger partial charge in [0.25, 0.3) is 0 Å². The number of amides is 1. The lowest BCUT2D eigenvalue weighted by molar-refractivity contribution is -0.0385. The molecule has 2 aliphatic rings. The lowest BCUT2D eigenvalue weighted by atomic mass is 10.2. The molecule has 1 amide bonds. The zero-order valence-electron chi connectivity index (χ0n) is 14.9. The molecule has 24 heavy (non-hydrogen) atoms. The molecule has 2 heterocycles. The van der Waals surface area contributed by atoms with Crippen LogP contribution < -0.4 is 0 Å². The highest BCUT2D eigenvalue weighted by Gasteiger charge is 2.28. The van der Waals surface area contributed by atoms with E-state index in [1.165, 1.54) is 6.34 Å². The van der Waals surface area contributed by atoms with E-state index in [0.717, 1.165) is 0 Å². The molecular formula is C16H28N4O4. The minimum Gasteiger partial charge on any atom is -0.444 e. The lowest BCUT2D eigenvalue weighted by Gasteiger charge is -2.36. The molecule has 0 radical (unpaired) electrons. The van der Waals surface area contributed by atoms with E-state index in [1.54, 1.807) is 18.0 Å². The van der Waals surface area contributed by atoms with Crippen LogP contribution in [-0.4, -0.2) is 90.3 Å². The highest BCUT2D eigenvalue weighted by molar-refractivity contribution is 5.84. The van der Waals surface area contributed by atoms with Crippen LogP contribution in [0.3, 0.4) is 0 Å². The zero-order valence-corrected chi connectivity index (χ0v) is 14.9. The van der Waals surface area contributed by atoms with Crippen LogP contribution in [0.1, 0.15) is 27.7 Å². The van der Waals surface area contributed by atoms with Gasteiger partial charge in [-0.1, -0.05) is 0 Å². The van der Waals surface area contributed by atoms with Crippen LogP contribution in [0.5, 0.6) is 0 Å². The average molecular weight is 340 g/mol. The molecule has 2 atom stereocenters. The molecule has 0 bridgehead atoms. The fourth-order valence-electron chi connectivity index (χ4n) is 2.48. The van der Waals surface area contributed by atoms with E-state index in [-0.39, 0.29) is 12.7 Å². The molecule has 2 rings (SSSR count). The third-order valence-corrected chi connectivity index (χ3v) is 3.76. The van der Waals surface area contributed by atoms with Crippen molar-refractivity contribution in [2.24, 2.45) is 9.98 Å². The number of hydrogen-bond acceptors (Lipinski definition) is 7. The smallest absolute Gasteiger partial charge is 0.410 e. The van der Waals surface area contributed by atoms with Gasteiger partial charge in [0.2, 0.25) is 0 Å². The summed E-state index contributed by atoms with van der Waals surface area (Å²) in [6, 6.07) is 0. The molecule has 1 saturated heterocycles. The number of β-amino-alcohol motifs (C(OH)–C–C–N with tert-alkyl or cyclic N) is 1. The minimum atomic E-state index is -0.767. The summed E-state index contributed by atoms with van der Waals surface area (Å²) in [5.41, 5.74) is -1.25. The van der Waals surface area contributed by atoms with E-state index in [4.69, 9.17) is 9.47 Å². The number of rotatable bonds is 5. The van der Waals surface area contributed by atoms with E-state index in [0.29, 0.717) is 32.7 Å². The molecule has 0 aliphatic carbocycles. The molecule has 2 aliphatic heterocycles. The summed E-state index contributed by atoms with van der Waals surface area (Å²) in [6.07, 6.45) is 2.16. The van der Waals surface area contributed by atoms with Gasteiger partial charge in [0, 0.05) is 32.7 Å². The molecule has 8 nitrogen and oxygen atoms in total. The lowest BCUT2D eigenvalue weighted by Crippen LogP contribution is -2.52. The van der Waals surface area contributed by atoms with Crippen molar-refractivity contribution >= 4 is 18.6 Å². The number of aliphatic hydroxyl groups excluding tert-OH is 1. The van der Waals surface area contributed by atoms with Gasteiger partial charge in [0.05, 0.1) is 18.9 Å². The number of nitrogens with zero attached hydrogens (tertiary/aromatic N) is 4. The number of ether oxygens (including phenoxy) is 2. The number of aliphatic imine (C=N–C) groups is 2. The molecule has 1 N–H and O–H groups in total. The van der Waals surface area contributed by atoms with Crippen LogP contribution in [0.15, 0.2) is 9.98 Å². The Hall–Kier alpha value is -1.51. The summed E-state index contributed by atoms with van der Waals surface area (Å²) < 4.78 is 11.0. The summed E-state index contributed by atoms with van der Waals surface area (Å²) in [6.45, 7) is 10.7. The Labute approximate surface area is 143 Å². The van der Waals surface area contributed by atoms with E-state index in [2.05, 4.69) is 14.9 Å². The van der Waals surface area contributed by atoms with Gasteiger partial charge in [-0.2, -0.15) is 0 Å². The Morgan fingerprint density at radius 2 is 2.00 bits per heavy atom. The van der Waals surface area contributed by atoms with E-state index < -0.39 is 17.4 Å². The summed E-state index contributed by atoms with van der Waals surface area (Å²) in [4.78, 5) is 23.8. The number of aliphatic hydroxyl groups is 1. The van der Waals surface area contributed by atoms with Crippen molar-refractivity contribution in [2.45, 2.75) is 45.1 Å². The molecule has 1 fully saturated rings. The SMILES string of the molecule is CC(C)(C)OC(=O)N1CCN(CC(O)COC2(C)C=NC=N2)CC1. The van der Waals surface area contributed by atoms with Crippen molar-refractivity contribution in [1.29, 1.82) is 0 Å². The van der Waals surface area contributed by atoms with Gasteiger partial charge in [0.1, 0.15) is 11.9 Å². The second kappa shape index (κ2) is 7.58. The van der Waals surface area contributed by atoms with E-state index in [1.807, 2.05) is 20.8 Å². The fraction of sp³-hybridized carbons (Fsp3) is 0.812. The van der Waals surface area contributed by atoms with Crippen LogP contribution in [0.4, 0.5) is 4.79 Å². The van der Waals surface area contributed by atoms with Crippen LogP contribution in [0.25, 0.3) is 0 Å². The maximum atomic E-state index is 12.0. The largest absolute Gasteiger partial charge is 0.444 e. The third kappa shape index (κ3) is 5.85. The third-order valence-electron chi connectivity index (χ3n) is 3.76. The molecule has 0 saturated carbocycles. The first-order valence-electron chi connectivity index (χ1n) is 8.27. The first kappa shape index (κ1) is 18.8. The molecular weight excluding hydrogens is 312 g/mol. The van der Waals surface area contributed by atoms with Crippen molar-refractivity contribution in [2.75, 3.05) is 39.3 Å². The maximum Gasteiger partial charge on any atom is 0.410 e. The highest BCUT2D eigenvalue weighted by Crippen LogP contribution is 2.14. The fourth-order valence-corrected chi connectivity index (χ4v) is 2.48. The summed E-state index contributed by atoms with van der Waals surface area (Å²) >= 11 is 0. The van der Waals surface area contributed by atoms with Gasteiger partial charge in [0.15, 0.2) is 5.72 Å². The van der Waals surface area contributed by atoms with Gasteiger partial charge in [-0.05, 0) is 27.7 Å². The van der Waals surface area contributed by atoms with Crippen molar-refractivity contribution in [3.63, 3.8) is 0 Å². The second-order valence-electron chi connectivity index (χ2n) is 7.31. The standard InChI is InChI=1S/C16H28N4O4/c1-15(2,3)24-14(22)20-7-5-19(6-8-20)9-13(21)10-23-16(4)11-17-12-18-16/h11-13,21H,5-10H2,1-4H3. The second-order valence-corrected chi connectivity index (χ2v) is 7.31. The summed E-state index contributed by atoms with van der Waals surface area (Å²) in [7, 11) is 0. The Bertz CT molecular complexity index is 481. The number of piperazine rings is 1. The topological polar surface area (TPSA) is 87.0 Å². The molecule has 0 aromatic rings. The predicted octanol–water partition coefficient (Wildman–Crippen LogP) is 0.746. The van der Waals surface area contributed by atoms with Crippen molar-refractivity contribution in [3.05, 3.63) is 0 Å². The quantitative estimate of drug-likeness (QED) is 0.798.